The van der Waals surface area contributed by atoms with Crippen molar-refractivity contribution in [1.29, 1.82) is 5.26 Å². The van der Waals surface area contributed by atoms with Gasteiger partial charge in [0.05, 0.1) is 5.25 Å². The number of amides is 2. The number of rotatable bonds is 4. The molecule has 0 aromatic heterocycles. The van der Waals surface area contributed by atoms with Crippen molar-refractivity contribution in [1.82, 2.24) is 5.32 Å². The predicted molar refractivity (Wildman–Crippen MR) is 107 cm³/mol. The van der Waals surface area contributed by atoms with Gasteiger partial charge in [0.15, 0.2) is 0 Å². The van der Waals surface area contributed by atoms with Gasteiger partial charge in [-0.2, -0.15) is 5.26 Å². The Hall–Kier alpha value is -3.11. The third-order valence-corrected chi connectivity index (χ3v) is 5.62. The van der Waals surface area contributed by atoms with Crippen LogP contribution in [-0.2, 0) is 16.0 Å². The maximum Gasteiger partial charge on any atom is 0.264 e. The fourth-order valence-electron chi connectivity index (χ4n) is 2.88. The fraction of sp³-hybridized carbons (Fsp3) is 0.190. The van der Waals surface area contributed by atoms with Crippen molar-refractivity contribution in [3.05, 3.63) is 76.1 Å². The summed E-state index contributed by atoms with van der Waals surface area (Å²) in [5.41, 5.74) is 2.32. The van der Waals surface area contributed by atoms with E-state index in [1.165, 1.54) is 35.8 Å². The molecule has 1 heterocycles. The topological polar surface area (TPSA) is 73.2 Å². The Bertz CT molecular complexity index is 978. The molecule has 0 radical (unpaired) electrons. The number of nitrogens with zero attached hydrogens (tertiary/aromatic N) is 2. The van der Waals surface area contributed by atoms with Crippen molar-refractivity contribution >= 4 is 29.3 Å². The van der Waals surface area contributed by atoms with E-state index in [4.69, 9.17) is 0 Å². The molecule has 5 nitrogen and oxygen atoms in total. The lowest BCUT2D eigenvalue weighted by molar-refractivity contribution is -0.117. The summed E-state index contributed by atoms with van der Waals surface area (Å²) in [7, 11) is 1.44. The molecule has 1 fully saturated rings. The third kappa shape index (κ3) is 3.92. The van der Waals surface area contributed by atoms with Crippen molar-refractivity contribution in [2.45, 2.75) is 18.6 Å². The highest BCUT2D eigenvalue weighted by molar-refractivity contribution is 8.05. The van der Waals surface area contributed by atoms with E-state index in [0.29, 0.717) is 17.1 Å². The second-order valence-corrected chi connectivity index (χ2v) is 7.51. The van der Waals surface area contributed by atoms with Crippen LogP contribution in [0.5, 0.6) is 0 Å². The molecule has 0 spiro atoms. The van der Waals surface area contributed by atoms with E-state index in [9.17, 15) is 19.2 Å². The van der Waals surface area contributed by atoms with Gasteiger partial charge in [-0.05, 0) is 43.2 Å². The van der Waals surface area contributed by atoms with Crippen molar-refractivity contribution in [2.24, 2.45) is 0 Å². The van der Waals surface area contributed by atoms with Crippen LogP contribution in [-0.4, -0.2) is 24.1 Å². The summed E-state index contributed by atoms with van der Waals surface area (Å²) >= 11 is 1.18. The third-order valence-electron chi connectivity index (χ3n) is 4.36. The lowest BCUT2D eigenvalue weighted by Crippen LogP contribution is -2.31. The fourth-order valence-corrected chi connectivity index (χ4v) is 4.18. The average molecular weight is 395 g/mol. The summed E-state index contributed by atoms with van der Waals surface area (Å²) in [6, 6.07) is 15.2. The van der Waals surface area contributed by atoms with Crippen LogP contribution in [0.3, 0.4) is 0 Å². The number of aryl methyl sites for hydroxylation is 1. The minimum atomic E-state index is -0.544. The number of thioether (sulfide) groups is 1. The Morgan fingerprint density at radius 1 is 1.21 bits per heavy atom. The first-order valence-electron chi connectivity index (χ1n) is 8.62. The van der Waals surface area contributed by atoms with Gasteiger partial charge in [0.1, 0.15) is 22.5 Å². The van der Waals surface area contributed by atoms with E-state index < -0.39 is 11.2 Å². The molecular formula is C21H18FN3O2S. The molecule has 1 aliphatic heterocycles. The quantitative estimate of drug-likeness (QED) is 0.637. The smallest absolute Gasteiger partial charge is 0.264 e. The predicted octanol–water partition coefficient (Wildman–Crippen LogP) is 3.31. The van der Waals surface area contributed by atoms with Crippen LogP contribution in [0.25, 0.3) is 0 Å². The second-order valence-electron chi connectivity index (χ2n) is 6.32. The normalized spacial score (nSPS) is 18.0. The number of hydrogen-bond donors (Lipinski definition) is 1. The number of carbonyl (C=O) groups is 2. The molecule has 2 aromatic carbocycles. The summed E-state index contributed by atoms with van der Waals surface area (Å²) in [6.45, 7) is 1.93. The van der Waals surface area contributed by atoms with Gasteiger partial charge in [-0.25, -0.2) is 4.39 Å². The van der Waals surface area contributed by atoms with Gasteiger partial charge < -0.3 is 5.32 Å². The molecule has 3 rings (SSSR count). The SMILES string of the molecule is CNC(=O)/C(C#N)=C1/S[C@H](Cc2ccc(F)cc2)C(=O)N1c1ccc(C)cc1. The van der Waals surface area contributed by atoms with Crippen molar-refractivity contribution in [3.63, 3.8) is 0 Å². The second kappa shape index (κ2) is 8.28. The molecule has 142 valence electrons. The molecule has 0 bridgehead atoms. The largest absolute Gasteiger partial charge is 0.354 e. The summed E-state index contributed by atoms with van der Waals surface area (Å²) in [4.78, 5) is 26.8. The van der Waals surface area contributed by atoms with Gasteiger partial charge in [-0.3, -0.25) is 14.5 Å². The Labute approximate surface area is 166 Å². The van der Waals surface area contributed by atoms with E-state index in [1.54, 1.807) is 24.3 Å². The zero-order chi connectivity index (χ0) is 20.3. The Kier molecular flexibility index (Phi) is 5.81. The number of anilines is 1. The highest BCUT2D eigenvalue weighted by atomic mass is 32.2. The first-order valence-corrected chi connectivity index (χ1v) is 9.50. The zero-order valence-corrected chi connectivity index (χ0v) is 16.2. The molecule has 2 amide bonds. The molecule has 2 aromatic rings. The molecule has 0 aliphatic carbocycles. The Balaban J connectivity index is 2.03. The van der Waals surface area contributed by atoms with Crippen LogP contribution in [0.4, 0.5) is 10.1 Å². The van der Waals surface area contributed by atoms with Gasteiger partial charge in [0.2, 0.25) is 5.91 Å². The van der Waals surface area contributed by atoms with Gasteiger partial charge in [-0.1, -0.05) is 41.6 Å². The number of carbonyl (C=O) groups excluding carboxylic acids is 2. The zero-order valence-electron chi connectivity index (χ0n) is 15.4. The van der Waals surface area contributed by atoms with E-state index in [0.717, 1.165) is 11.1 Å². The van der Waals surface area contributed by atoms with E-state index in [2.05, 4.69) is 5.32 Å². The molecule has 1 N–H and O–H groups in total. The molecular weight excluding hydrogens is 377 g/mol. The lowest BCUT2D eigenvalue weighted by Gasteiger charge is -2.18. The summed E-state index contributed by atoms with van der Waals surface area (Å²) in [5.74, 6) is -1.11. The summed E-state index contributed by atoms with van der Waals surface area (Å²) in [5, 5.41) is 11.8. The Morgan fingerprint density at radius 2 is 1.86 bits per heavy atom. The van der Waals surface area contributed by atoms with Gasteiger partial charge in [0, 0.05) is 12.7 Å². The van der Waals surface area contributed by atoms with Gasteiger partial charge in [-0.15, -0.1) is 0 Å². The van der Waals surface area contributed by atoms with Crippen molar-refractivity contribution in [3.8, 4) is 6.07 Å². The van der Waals surface area contributed by atoms with Crippen LogP contribution in [0, 0.1) is 24.1 Å². The van der Waals surface area contributed by atoms with Crippen molar-refractivity contribution < 1.29 is 14.0 Å². The summed E-state index contributed by atoms with van der Waals surface area (Å²) < 4.78 is 13.2. The number of nitriles is 1. The monoisotopic (exact) mass is 395 g/mol. The van der Waals surface area contributed by atoms with Crippen LogP contribution in [0.1, 0.15) is 11.1 Å². The molecule has 28 heavy (non-hydrogen) atoms. The number of hydrogen-bond acceptors (Lipinski definition) is 4. The molecule has 1 aliphatic rings. The minimum absolute atomic E-state index is 0.108. The number of likely N-dealkylation sites (N-methyl/N-ethyl adjacent to an activating group) is 1. The molecule has 1 atom stereocenters. The van der Waals surface area contributed by atoms with E-state index >= 15 is 0 Å². The first-order chi connectivity index (χ1) is 13.4. The van der Waals surface area contributed by atoms with Crippen LogP contribution in [0.2, 0.25) is 0 Å². The highest BCUT2D eigenvalue weighted by Gasteiger charge is 2.40. The standard InChI is InChI=1S/C21H18FN3O2S/c1-13-3-9-16(10-4-13)25-20(27)18(11-14-5-7-15(22)8-6-14)28-21(25)17(12-23)19(26)24-2/h3-10,18H,11H2,1-2H3,(H,24,26)/b21-17+/t18-/m1/s1. The maximum atomic E-state index is 13.2. The first kappa shape index (κ1) is 19.6. The number of benzene rings is 2. The van der Waals surface area contributed by atoms with Crippen LogP contribution < -0.4 is 10.2 Å². The molecule has 0 unspecified atom stereocenters. The molecule has 0 saturated carbocycles. The van der Waals surface area contributed by atoms with Crippen molar-refractivity contribution in [2.75, 3.05) is 11.9 Å². The van der Waals surface area contributed by atoms with E-state index in [1.807, 2.05) is 25.1 Å². The molecule has 1 saturated heterocycles. The number of halogens is 1. The van der Waals surface area contributed by atoms with Gasteiger partial charge in [0.25, 0.3) is 5.91 Å². The average Bonchev–Trinajstić information content (AvgIpc) is 3.00. The maximum absolute atomic E-state index is 13.2. The van der Waals surface area contributed by atoms with Crippen LogP contribution >= 0.6 is 11.8 Å². The summed E-state index contributed by atoms with van der Waals surface area (Å²) in [6.07, 6.45) is 0.363. The van der Waals surface area contributed by atoms with Crippen LogP contribution in [0.15, 0.2) is 59.1 Å². The van der Waals surface area contributed by atoms with Gasteiger partial charge >= 0.3 is 0 Å². The minimum Gasteiger partial charge on any atom is -0.354 e. The molecule has 7 heteroatoms. The lowest BCUT2D eigenvalue weighted by atomic mass is 10.1. The Morgan fingerprint density at radius 3 is 2.43 bits per heavy atom. The highest BCUT2D eigenvalue weighted by Crippen LogP contribution is 2.41. The number of nitrogens with one attached hydrogen (secondary N) is 1. The van der Waals surface area contributed by atoms with E-state index in [-0.39, 0.29) is 17.3 Å².